The summed E-state index contributed by atoms with van der Waals surface area (Å²) < 4.78 is 0. The molecule has 1 amide bonds. The molecule has 0 radical (unpaired) electrons. The molecule has 0 aromatic heterocycles. The minimum Gasteiger partial charge on any atom is -0.337 e. The van der Waals surface area contributed by atoms with Gasteiger partial charge in [-0.1, -0.05) is 17.7 Å². The lowest BCUT2D eigenvalue weighted by atomic mass is 10.1. The van der Waals surface area contributed by atoms with Crippen LogP contribution in [0.4, 0.5) is 0 Å². The third-order valence-corrected chi connectivity index (χ3v) is 4.41. The van der Waals surface area contributed by atoms with Gasteiger partial charge >= 0.3 is 0 Å². The molecule has 0 spiro atoms. The summed E-state index contributed by atoms with van der Waals surface area (Å²) in [5, 5.41) is 0. The van der Waals surface area contributed by atoms with Crippen LogP contribution in [-0.2, 0) is 0 Å². The van der Waals surface area contributed by atoms with Gasteiger partial charge in [0.25, 0.3) is 5.91 Å². The van der Waals surface area contributed by atoms with E-state index in [1.165, 1.54) is 31.5 Å². The van der Waals surface area contributed by atoms with Gasteiger partial charge in [-0.25, -0.2) is 0 Å². The molecule has 2 fully saturated rings. The highest BCUT2D eigenvalue weighted by Gasteiger charge is 2.31. The Labute approximate surface area is 115 Å². The standard InChI is InChI=1S/C16H22N2O/c1-13-4-6-14(7-5-13)16(19)18-11-8-15(12-18)17-9-2-3-10-17/h4-7,15H,2-3,8-12H2,1H3. The summed E-state index contributed by atoms with van der Waals surface area (Å²) >= 11 is 0. The largest absolute Gasteiger partial charge is 0.337 e. The molecule has 102 valence electrons. The van der Waals surface area contributed by atoms with E-state index in [1.54, 1.807) is 0 Å². The normalized spacial score (nSPS) is 24.1. The van der Waals surface area contributed by atoms with E-state index in [4.69, 9.17) is 0 Å². The fraction of sp³-hybridized carbons (Fsp3) is 0.562. The first-order chi connectivity index (χ1) is 9.24. The van der Waals surface area contributed by atoms with Crippen LogP contribution < -0.4 is 0 Å². The number of carbonyl (C=O) groups excluding carboxylic acids is 1. The van der Waals surface area contributed by atoms with Gasteiger partial charge in [0.1, 0.15) is 0 Å². The lowest BCUT2D eigenvalue weighted by Crippen LogP contribution is -2.37. The molecule has 0 N–H and O–H groups in total. The number of amides is 1. The van der Waals surface area contributed by atoms with Crippen molar-refractivity contribution in [3.05, 3.63) is 35.4 Å². The highest BCUT2D eigenvalue weighted by atomic mass is 16.2. The fourth-order valence-electron chi connectivity index (χ4n) is 3.21. The Morgan fingerprint density at radius 3 is 2.47 bits per heavy atom. The molecule has 1 unspecified atom stereocenters. The maximum Gasteiger partial charge on any atom is 0.253 e. The van der Waals surface area contributed by atoms with E-state index in [0.29, 0.717) is 6.04 Å². The fourth-order valence-corrected chi connectivity index (χ4v) is 3.21. The summed E-state index contributed by atoms with van der Waals surface area (Å²) in [6, 6.07) is 8.52. The molecule has 0 aliphatic carbocycles. The number of rotatable bonds is 2. The number of carbonyl (C=O) groups is 1. The van der Waals surface area contributed by atoms with E-state index in [1.807, 2.05) is 36.1 Å². The number of likely N-dealkylation sites (tertiary alicyclic amines) is 2. The maximum atomic E-state index is 12.4. The van der Waals surface area contributed by atoms with Crippen LogP contribution in [0.5, 0.6) is 0 Å². The molecular formula is C16H22N2O. The van der Waals surface area contributed by atoms with Gasteiger partial charge in [-0.3, -0.25) is 9.69 Å². The first kappa shape index (κ1) is 12.7. The SMILES string of the molecule is Cc1ccc(C(=O)N2CCC(N3CCCC3)C2)cc1. The quantitative estimate of drug-likeness (QED) is 0.812. The van der Waals surface area contributed by atoms with Crippen molar-refractivity contribution in [1.82, 2.24) is 9.80 Å². The Morgan fingerprint density at radius 1 is 1.11 bits per heavy atom. The molecule has 2 heterocycles. The summed E-state index contributed by atoms with van der Waals surface area (Å²) in [4.78, 5) is 17.0. The van der Waals surface area contributed by atoms with E-state index < -0.39 is 0 Å². The Balaban J connectivity index is 1.63. The Morgan fingerprint density at radius 2 is 1.79 bits per heavy atom. The Kier molecular flexibility index (Phi) is 3.56. The molecule has 3 nitrogen and oxygen atoms in total. The van der Waals surface area contributed by atoms with Gasteiger partial charge in [-0.15, -0.1) is 0 Å². The smallest absolute Gasteiger partial charge is 0.253 e. The Hall–Kier alpha value is -1.35. The van der Waals surface area contributed by atoms with Crippen LogP contribution >= 0.6 is 0 Å². The highest BCUT2D eigenvalue weighted by molar-refractivity contribution is 5.94. The van der Waals surface area contributed by atoms with Crippen LogP contribution in [0.15, 0.2) is 24.3 Å². The molecule has 2 aliphatic rings. The van der Waals surface area contributed by atoms with Crippen LogP contribution in [0.1, 0.15) is 35.2 Å². The van der Waals surface area contributed by atoms with E-state index in [2.05, 4.69) is 4.90 Å². The molecular weight excluding hydrogens is 236 g/mol. The van der Waals surface area contributed by atoms with Gasteiger partial charge in [0.2, 0.25) is 0 Å². The number of hydrogen-bond donors (Lipinski definition) is 0. The predicted octanol–water partition coefficient (Wildman–Crippen LogP) is 2.31. The summed E-state index contributed by atoms with van der Waals surface area (Å²) in [7, 11) is 0. The van der Waals surface area contributed by atoms with Crippen molar-refractivity contribution in [2.24, 2.45) is 0 Å². The van der Waals surface area contributed by atoms with Crippen LogP contribution in [0, 0.1) is 6.92 Å². The average molecular weight is 258 g/mol. The molecule has 1 aromatic carbocycles. The molecule has 1 aromatic rings. The summed E-state index contributed by atoms with van der Waals surface area (Å²) in [5.41, 5.74) is 2.03. The van der Waals surface area contributed by atoms with Crippen molar-refractivity contribution >= 4 is 5.91 Å². The number of benzene rings is 1. The molecule has 1 atom stereocenters. The van der Waals surface area contributed by atoms with E-state index in [-0.39, 0.29) is 5.91 Å². The zero-order valence-corrected chi connectivity index (χ0v) is 11.6. The van der Waals surface area contributed by atoms with Crippen molar-refractivity contribution in [1.29, 1.82) is 0 Å². The van der Waals surface area contributed by atoms with E-state index in [9.17, 15) is 4.79 Å². The highest BCUT2D eigenvalue weighted by Crippen LogP contribution is 2.21. The minimum absolute atomic E-state index is 0.196. The third-order valence-electron chi connectivity index (χ3n) is 4.41. The zero-order valence-electron chi connectivity index (χ0n) is 11.6. The number of hydrogen-bond acceptors (Lipinski definition) is 2. The van der Waals surface area contributed by atoms with Crippen LogP contribution in [0.3, 0.4) is 0 Å². The molecule has 2 aliphatic heterocycles. The zero-order chi connectivity index (χ0) is 13.2. The second-order valence-corrected chi connectivity index (χ2v) is 5.80. The minimum atomic E-state index is 0.196. The molecule has 19 heavy (non-hydrogen) atoms. The molecule has 3 rings (SSSR count). The lowest BCUT2D eigenvalue weighted by Gasteiger charge is -2.23. The van der Waals surface area contributed by atoms with Crippen LogP contribution in [0.25, 0.3) is 0 Å². The summed E-state index contributed by atoms with van der Waals surface area (Å²) in [6.45, 7) is 6.31. The van der Waals surface area contributed by atoms with Crippen LogP contribution in [-0.4, -0.2) is 47.9 Å². The van der Waals surface area contributed by atoms with E-state index >= 15 is 0 Å². The number of nitrogens with zero attached hydrogens (tertiary/aromatic N) is 2. The molecule has 3 heteroatoms. The molecule has 0 bridgehead atoms. The van der Waals surface area contributed by atoms with Crippen molar-refractivity contribution < 1.29 is 4.79 Å². The van der Waals surface area contributed by atoms with Crippen molar-refractivity contribution in [3.8, 4) is 0 Å². The lowest BCUT2D eigenvalue weighted by molar-refractivity contribution is 0.0780. The van der Waals surface area contributed by atoms with Gasteiger partial charge < -0.3 is 4.90 Å². The van der Waals surface area contributed by atoms with Gasteiger partial charge in [0.15, 0.2) is 0 Å². The third kappa shape index (κ3) is 2.66. The van der Waals surface area contributed by atoms with Crippen molar-refractivity contribution in [2.45, 2.75) is 32.2 Å². The Bertz CT molecular complexity index is 448. The van der Waals surface area contributed by atoms with Gasteiger partial charge in [0.05, 0.1) is 0 Å². The maximum absolute atomic E-state index is 12.4. The van der Waals surface area contributed by atoms with Gasteiger partial charge in [-0.2, -0.15) is 0 Å². The topological polar surface area (TPSA) is 23.6 Å². The van der Waals surface area contributed by atoms with Gasteiger partial charge in [-0.05, 0) is 51.4 Å². The van der Waals surface area contributed by atoms with Gasteiger partial charge in [0, 0.05) is 24.7 Å². The van der Waals surface area contributed by atoms with Crippen molar-refractivity contribution in [3.63, 3.8) is 0 Å². The monoisotopic (exact) mass is 258 g/mol. The van der Waals surface area contributed by atoms with Crippen LogP contribution in [0.2, 0.25) is 0 Å². The second kappa shape index (κ2) is 5.33. The predicted molar refractivity (Wildman–Crippen MR) is 76.3 cm³/mol. The first-order valence-corrected chi connectivity index (χ1v) is 7.34. The molecule has 2 saturated heterocycles. The number of aryl methyl sites for hydroxylation is 1. The summed E-state index contributed by atoms with van der Waals surface area (Å²) in [6.07, 6.45) is 3.78. The first-order valence-electron chi connectivity index (χ1n) is 7.34. The van der Waals surface area contributed by atoms with E-state index in [0.717, 1.165) is 25.1 Å². The average Bonchev–Trinajstić information content (AvgIpc) is 3.10. The van der Waals surface area contributed by atoms with Crippen molar-refractivity contribution in [2.75, 3.05) is 26.2 Å². The second-order valence-electron chi connectivity index (χ2n) is 5.80. The summed E-state index contributed by atoms with van der Waals surface area (Å²) in [5.74, 6) is 0.196. The molecule has 0 saturated carbocycles.